The monoisotopic (exact) mass is 411 g/mol. The van der Waals surface area contributed by atoms with E-state index < -0.39 is 0 Å². The van der Waals surface area contributed by atoms with Crippen molar-refractivity contribution in [1.29, 1.82) is 0 Å². The molecule has 0 saturated carbocycles. The highest BCUT2D eigenvalue weighted by molar-refractivity contribution is 8.01. The van der Waals surface area contributed by atoms with Crippen molar-refractivity contribution in [2.24, 2.45) is 0 Å². The number of hydrogen-bond acceptors (Lipinski definition) is 7. The predicted octanol–water partition coefficient (Wildman–Crippen LogP) is 3.00. The van der Waals surface area contributed by atoms with Crippen LogP contribution in [0.4, 0.5) is 0 Å². The van der Waals surface area contributed by atoms with Crippen LogP contribution in [0, 0.1) is 0 Å². The molecule has 1 aromatic carbocycles. The van der Waals surface area contributed by atoms with Gasteiger partial charge >= 0.3 is 0 Å². The zero-order valence-corrected chi connectivity index (χ0v) is 16.5. The number of fused-ring (bicyclic) bond motifs is 2. The van der Waals surface area contributed by atoms with Crippen LogP contribution in [0.3, 0.4) is 0 Å². The summed E-state index contributed by atoms with van der Waals surface area (Å²) in [4.78, 5) is 16.7. The quantitative estimate of drug-likeness (QED) is 0.509. The standard InChI is InChI=1S/C19H17N5O2S2/c25-18(21-14-5-6-26-9-14)10-27-19-22-15-3-1-12(7-16(15)28-19)13-2-4-17-23-20-11-24(17)8-13/h1-4,7-8,11,14H,5-6,9-10H2,(H,21,25). The Morgan fingerprint density at radius 3 is 3.14 bits per heavy atom. The number of carbonyl (C=O) groups is 1. The summed E-state index contributed by atoms with van der Waals surface area (Å²) < 4.78 is 9.20. The van der Waals surface area contributed by atoms with Gasteiger partial charge in [-0.25, -0.2) is 4.98 Å². The maximum atomic E-state index is 12.1. The zero-order valence-electron chi connectivity index (χ0n) is 14.9. The summed E-state index contributed by atoms with van der Waals surface area (Å²) in [7, 11) is 0. The average Bonchev–Trinajstić information content (AvgIpc) is 3.45. The second kappa shape index (κ2) is 7.50. The fraction of sp³-hybridized carbons (Fsp3) is 0.263. The third kappa shape index (κ3) is 3.60. The second-order valence-electron chi connectivity index (χ2n) is 6.59. The van der Waals surface area contributed by atoms with Crippen molar-refractivity contribution >= 4 is 44.9 Å². The van der Waals surface area contributed by atoms with E-state index in [9.17, 15) is 4.79 Å². The molecule has 3 aromatic heterocycles. The number of benzene rings is 1. The fourth-order valence-electron chi connectivity index (χ4n) is 3.19. The molecule has 0 radical (unpaired) electrons. The van der Waals surface area contributed by atoms with Crippen LogP contribution in [0.2, 0.25) is 0 Å². The second-order valence-corrected chi connectivity index (χ2v) is 8.85. The van der Waals surface area contributed by atoms with E-state index in [1.807, 2.05) is 28.8 Å². The smallest absolute Gasteiger partial charge is 0.230 e. The number of thioether (sulfide) groups is 1. The van der Waals surface area contributed by atoms with Gasteiger partial charge in [0.2, 0.25) is 5.91 Å². The van der Waals surface area contributed by atoms with Crippen molar-refractivity contribution in [2.45, 2.75) is 16.8 Å². The lowest BCUT2D eigenvalue weighted by molar-refractivity contribution is -0.119. The van der Waals surface area contributed by atoms with Crippen molar-refractivity contribution in [2.75, 3.05) is 19.0 Å². The Kier molecular flexibility index (Phi) is 4.71. The molecule has 7 nitrogen and oxygen atoms in total. The summed E-state index contributed by atoms with van der Waals surface area (Å²) in [6.07, 6.45) is 4.60. The molecule has 1 aliphatic heterocycles. The molecule has 4 aromatic rings. The highest BCUT2D eigenvalue weighted by atomic mass is 32.2. The lowest BCUT2D eigenvalue weighted by Gasteiger charge is -2.09. The summed E-state index contributed by atoms with van der Waals surface area (Å²) in [5, 5.41) is 11.0. The van der Waals surface area contributed by atoms with Gasteiger partial charge in [0.1, 0.15) is 6.33 Å². The SMILES string of the molecule is O=C(CSc1nc2ccc(-c3ccc4nncn4c3)cc2s1)NC1CCOC1. The Morgan fingerprint density at radius 2 is 2.25 bits per heavy atom. The van der Waals surface area contributed by atoms with E-state index in [2.05, 4.69) is 32.6 Å². The molecule has 5 rings (SSSR count). The lowest BCUT2D eigenvalue weighted by Crippen LogP contribution is -2.36. The van der Waals surface area contributed by atoms with Crippen LogP contribution in [-0.4, -0.2) is 50.5 Å². The van der Waals surface area contributed by atoms with Crippen LogP contribution in [0.25, 0.3) is 27.0 Å². The van der Waals surface area contributed by atoms with E-state index in [1.165, 1.54) is 11.8 Å². The molecule has 0 spiro atoms. The summed E-state index contributed by atoms with van der Waals surface area (Å²) in [5.74, 6) is 0.399. The maximum absolute atomic E-state index is 12.1. The van der Waals surface area contributed by atoms with E-state index in [4.69, 9.17) is 4.74 Å². The molecule has 0 aliphatic carbocycles. The molecule has 1 amide bonds. The summed E-state index contributed by atoms with van der Waals surface area (Å²) >= 11 is 3.09. The molecule has 1 atom stereocenters. The first-order valence-corrected chi connectivity index (χ1v) is 10.7. The molecule has 1 fully saturated rings. The molecule has 9 heteroatoms. The molecule has 1 saturated heterocycles. The maximum Gasteiger partial charge on any atom is 0.230 e. The number of amides is 1. The number of aromatic nitrogens is 4. The third-order valence-electron chi connectivity index (χ3n) is 4.61. The Hall–Kier alpha value is -2.49. The van der Waals surface area contributed by atoms with Gasteiger partial charge in [-0.2, -0.15) is 0 Å². The molecule has 0 bridgehead atoms. The summed E-state index contributed by atoms with van der Waals surface area (Å²) in [5.41, 5.74) is 3.98. The third-order valence-corrected chi connectivity index (χ3v) is 6.78. The number of thiazole rings is 1. The van der Waals surface area contributed by atoms with Crippen LogP contribution in [0.5, 0.6) is 0 Å². The zero-order chi connectivity index (χ0) is 18.9. The Morgan fingerprint density at radius 1 is 1.32 bits per heavy atom. The normalized spacial score (nSPS) is 16.8. The first kappa shape index (κ1) is 17.6. The molecular weight excluding hydrogens is 394 g/mol. The summed E-state index contributed by atoms with van der Waals surface area (Å²) in [6.45, 7) is 1.34. The highest BCUT2D eigenvalue weighted by Crippen LogP contribution is 2.32. The van der Waals surface area contributed by atoms with E-state index in [-0.39, 0.29) is 11.9 Å². The first-order valence-electron chi connectivity index (χ1n) is 8.95. The van der Waals surface area contributed by atoms with E-state index in [1.54, 1.807) is 17.7 Å². The molecule has 1 unspecified atom stereocenters. The number of rotatable bonds is 5. The van der Waals surface area contributed by atoms with Crippen LogP contribution < -0.4 is 5.32 Å². The van der Waals surface area contributed by atoms with Crippen LogP contribution in [-0.2, 0) is 9.53 Å². The molecule has 142 valence electrons. The van der Waals surface area contributed by atoms with E-state index in [0.29, 0.717) is 12.4 Å². The average molecular weight is 412 g/mol. The van der Waals surface area contributed by atoms with Crippen molar-refractivity contribution in [3.05, 3.63) is 42.9 Å². The van der Waals surface area contributed by atoms with Gasteiger partial charge in [0.25, 0.3) is 0 Å². The van der Waals surface area contributed by atoms with Crippen molar-refractivity contribution < 1.29 is 9.53 Å². The van der Waals surface area contributed by atoms with Crippen LogP contribution in [0.15, 0.2) is 47.2 Å². The highest BCUT2D eigenvalue weighted by Gasteiger charge is 2.18. The molecule has 1 aliphatic rings. The van der Waals surface area contributed by atoms with Crippen molar-refractivity contribution in [1.82, 2.24) is 24.9 Å². The number of ether oxygens (including phenoxy) is 1. The molecular formula is C19H17N5O2S2. The van der Waals surface area contributed by atoms with Gasteiger partial charge in [-0.1, -0.05) is 17.8 Å². The predicted molar refractivity (Wildman–Crippen MR) is 110 cm³/mol. The van der Waals surface area contributed by atoms with Crippen LogP contribution in [0.1, 0.15) is 6.42 Å². The van der Waals surface area contributed by atoms with Crippen molar-refractivity contribution in [3.8, 4) is 11.1 Å². The topological polar surface area (TPSA) is 81.4 Å². The fourth-order valence-corrected chi connectivity index (χ4v) is 5.11. The minimum Gasteiger partial charge on any atom is -0.379 e. The summed E-state index contributed by atoms with van der Waals surface area (Å²) in [6, 6.07) is 10.4. The Bertz CT molecular complexity index is 1150. The van der Waals surface area contributed by atoms with Gasteiger partial charge in [0, 0.05) is 12.8 Å². The number of nitrogens with zero attached hydrogens (tertiary/aromatic N) is 4. The molecule has 4 heterocycles. The van der Waals surface area contributed by atoms with Gasteiger partial charge in [-0.15, -0.1) is 21.5 Å². The Labute approximate surface area is 169 Å². The van der Waals surface area contributed by atoms with Gasteiger partial charge in [0.15, 0.2) is 9.99 Å². The first-order chi connectivity index (χ1) is 13.7. The number of hydrogen-bond donors (Lipinski definition) is 1. The minimum absolute atomic E-state index is 0.0303. The molecule has 28 heavy (non-hydrogen) atoms. The number of pyridine rings is 1. The minimum atomic E-state index is 0.0303. The number of nitrogens with one attached hydrogen (secondary N) is 1. The van der Waals surface area contributed by atoms with E-state index >= 15 is 0 Å². The van der Waals surface area contributed by atoms with Crippen molar-refractivity contribution in [3.63, 3.8) is 0 Å². The molecule has 1 N–H and O–H groups in total. The van der Waals surface area contributed by atoms with Gasteiger partial charge < -0.3 is 10.1 Å². The lowest BCUT2D eigenvalue weighted by atomic mass is 10.1. The van der Waals surface area contributed by atoms with Gasteiger partial charge in [-0.3, -0.25) is 9.20 Å². The van der Waals surface area contributed by atoms with E-state index in [0.717, 1.165) is 44.4 Å². The van der Waals surface area contributed by atoms with Gasteiger partial charge in [0.05, 0.1) is 28.6 Å². The number of carbonyl (C=O) groups excluding carboxylic acids is 1. The largest absolute Gasteiger partial charge is 0.379 e. The van der Waals surface area contributed by atoms with Gasteiger partial charge in [-0.05, 0) is 41.8 Å². The Balaban J connectivity index is 1.31. The van der Waals surface area contributed by atoms with Crippen LogP contribution >= 0.6 is 23.1 Å².